The van der Waals surface area contributed by atoms with E-state index in [1.807, 2.05) is 30.3 Å². The number of carbonyl (C=O) groups excluding carboxylic acids is 1. The number of methoxy groups -OCH3 is 1. The Labute approximate surface area is 145 Å². The van der Waals surface area contributed by atoms with E-state index >= 15 is 0 Å². The lowest BCUT2D eigenvalue weighted by molar-refractivity contribution is -0.143. The van der Waals surface area contributed by atoms with Gasteiger partial charge in [0.1, 0.15) is 0 Å². The number of para-hydroxylation sites is 1. The van der Waals surface area contributed by atoms with Crippen LogP contribution < -0.4 is 10.1 Å². The molecule has 1 heterocycles. The lowest BCUT2D eigenvalue weighted by atomic mass is 9.86. The SMILES string of the molecule is COc1cn(-c2ccccc2)nc1C(=O)N[C@@H]1CCC[C@@H](C(=O)O)C1. The summed E-state index contributed by atoms with van der Waals surface area (Å²) >= 11 is 0. The fourth-order valence-corrected chi connectivity index (χ4v) is 3.18. The minimum absolute atomic E-state index is 0.158. The Hall–Kier alpha value is -2.83. The summed E-state index contributed by atoms with van der Waals surface area (Å²) in [4.78, 5) is 23.8. The van der Waals surface area contributed by atoms with Crippen molar-refractivity contribution in [2.45, 2.75) is 31.7 Å². The molecule has 1 aromatic carbocycles. The van der Waals surface area contributed by atoms with Crippen LogP contribution in [0.2, 0.25) is 0 Å². The molecule has 1 aliphatic carbocycles. The molecule has 7 heteroatoms. The topological polar surface area (TPSA) is 93.5 Å². The number of aliphatic carboxylic acids is 1. The van der Waals surface area contributed by atoms with Crippen LogP contribution in [0.1, 0.15) is 36.2 Å². The Morgan fingerprint density at radius 3 is 2.72 bits per heavy atom. The van der Waals surface area contributed by atoms with Crippen molar-refractivity contribution in [2.75, 3.05) is 7.11 Å². The first-order valence-corrected chi connectivity index (χ1v) is 8.31. The van der Waals surface area contributed by atoms with Gasteiger partial charge in [0.2, 0.25) is 0 Å². The van der Waals surface area contributed by atoms with Crippen molar-refractivity contribution in [3.63, 3.8) is 0 Å². The number of aromatic nitrogens is 2. The van der Waals surface area contributed by atoms with Crippen molar-refractivity contribution in [3.8, 4) is 11.4 Å². The van der Waals surface area contributed by atoms with Crippen LogP contribution in [0.25, 0.3) is 5.69 Å². The predicted molar refractivity (Wildman–Crippen MR) is 91.0 cm³/mol. The van der Waals surface area contributed by atoms with E-state index in [0.717, 1.165) is 18.5 Å². The van der Waals surface area contributed by atoms with Crippen molar-refractivity contribution in [3.05, 3.63) is 42.2 Å². The minimum atomic E-state index is -0.801. The smallest absolute Gasteiger partial charge is 0.306 e. The number of nitrogens with one attached hydrogen (secondary N) is 1. The van der Waals surface area contributed by atoms with E-state index in [9.17, 15) is 14.7 Å². The van der Waals surface area contributed by atoms with Crippen LogP contribution in [0.5, 0.6) is 5.75 Å². The van der Waals surface area contributed by atoms with Gasteiger partial charge in [-0.15, -0.1) is 0 Å². The number of hydrogen-bond donors (Lipinski definition) is 2. The molecule has 7 nitrogen and oxygen atoms in total. The average molecular weight is 343 g/mol. The van der Waals surface area contributed by atoms with E-state index in [-0.39, 0.29) is 17.6 Å². The molecule has 3 rings (SSSR count). The number of carbonyl (C=O) groups is 2. The fraction of sp³-hybridized carbons (Fsp3) is 0.389. The quantitative estimate of drug-likeness (QED) is 0.868. The number of carboxylic acid groups (broad SMARTS) is 1. The average Bonchev–Trinajstić information content (AvgIpc) is 3.07. The highest BCUT2D eigenvalue weighted by atomic mass is 16.5. The van der Waals surface area contributed by atoms with Crippen LogP contribution in [0.3, 0.4) is 0 Å². The molecule has 1 fully saturated rings. The zero-order valence-electron chi connectivity index (χ0n) is 14.0. The van der Waals surface area contributed by atoms with Gasteiger partial charge >= 0.3 is 5.97 Å². The van der Waals surface area contributed by atoms with Gasteiger partial charge in [-0.1, -0.05) is 24.6 Å². The number of nitrogens with zero attached hydrogens (tertiary/aromatic N) is 2. The molecule has 2 aromatic rings. The van der Waals surface area contributed by atoms with Gasteiger partial charge in [-0.2, -0.15) is 5.10 Å². The van der Waals surface area contributed by atoms with Crippen LogP contribution in [-0.2, 0) is 4.79 Å². The molecular weight excluding hydrogens is 322 g/mol. The first-order chi connectivity index (χ1) is 12.1. The Kier molecular flexibility index (Phi) is 5.02. The van der Waals surface area contributed by atoms with Gasteiger partial charge in [0.25, 0.3) is 5.91 Å². The van der Waals surface area contributed by atoms with E-state index in [1.165, 1.54) is 7.11 Å². The molecule has 0 bridgehead atoms. The largest absolute Gasteiger partial charge is 0.493 e. The van der Waals surface area contributed by atoms with Crippen molar-refractivity contribution in [1.82, 2.24) is 15.1 Å². The maximum Gasteiger partial charge on any atom is 0.306 e. The lowest BCUT2D eigenvalue weighted by Crippen LogP contribution is -2.40. The Bertz CT molecular complexity index is 757. The van der Waals surface area contributed by atoms with E-state index in [0.29, 0.717) is 18.6 Å². The van der Waals surface area contributed by atoms with Crippen LogP contribution >= 0.6 is 0 Å². The van der Waals surface area contributed by atoms with Crippen molar-refractivity contribution < 1.29 is 19.4 Å². The van der Waals surface area contributed by atoms with Crippen molar-refractivity contribution >= 4 is 11.9 Å². The second-order valence-corrected chi connectivity index (χ2v) is 6.20. The van der Waals surface area contributed by atoms with Gasteiger partial charge in [0.05, 0.1) is 24.9 Å². The second-order valence-electron chi connectivity index (χ2n) is 6.20. The number of rotatable bonds is 5. The number of ether oxygens (including phenoxy) is 1. The zero-order valence-corrected chi connectivity index (χ0v) is 14.0. The highest BCUT2D eigenvalue weighted by Crippen LogP contribution is 2.25. The van der Waals surface area contributed by atoms with Gasteiger partial charge in [-0.05, 0) is 31.4 Å². The summed E-state index contributed by atoms with van der Waals surface area (Å²) in [5, 5.41) is 16.4. The van der Waals surface area contributed by atoms with Crippen molar-refractivity contribution in [1.29, 1.82) is 0 Å². The summed E-state index contributed by atoms with van der Waals surface area (Å²) in [6.45, 7) is 0. The van der Waals surface area contributed by atoms with Gasteiger partial charge < -0.3 is 15.2 Å². The highest BCUT2D eigenvalue weighted by Gasteiger charge is 2.29. The zero-order chi connectivity index (χ0) is 17.8. The second kappa shape index (κ2) is 7.38. The first kappa shape index (κ1) is 17.0. The molecule has 1 saturated carbocycles. The van der Waals surface area contributed by atoms with E-state index < -0.39 is 11.9 Å². The van der Waals surface area contributed by atoms with Crippen LogP contribution in [0.4, 0.5) is 0 Å². The molecular formula is C18H21N3O4. The molecule has 0 spiro atoms. The standard InChI is InChI=1S/C18H21N3O4/c1-25-15-11-21(14-8-3-2-4-9-14)20-16(15)17(22)19-13-7-5-6-12(10-13)18(23)24/h2-4,8-9,11-13H,5-7,10H2,1H3,(H,19,22)(H,23,24)/t12-,13-/m1/s1. The monoisotopic (exact) mass is 343 g/mol. The summed E-state index contributed by atoms with van der Waals surface area (Å²) in [5.41, 5.74) is 1.02. The molecule has 1 aliphatic rings. The van der Waals surface area contributed by atoms with Crippen LogP contribution in [0, 0.1) is 5.92 Å². The molecule has 0 saturated heterocycles. The van der Waals surface area contributed by atoms with E-state index in [4.69, 9.17) is 4.74 Å². The number of carboxylic acids is 1. The predicted octanol–water partition coefficient (Wildman–Crippen LogP) is 2.25. The van der Waals surface area contributed by atoms with Gasteiger partial charge in [0, 0.05) is 6.04 Å². The number of benzene rings is 1. The van der Waals surface area contributed by atoms with Gasteiger partial charge in [-0.3, -0.25) is 9.59 Å². The molecule has 0 radical (unpaired) electrons. The summed E-state index contributed by atoms with van der Waals surface area (Å²) in [7, 11) is 1.49. The third-order valence-corrected chi connectivity index (χ3v) is 4.50. The Morgan fingerprint density at radius 1 is 1.28 bits per heavy atom. The molecule has 2 atom stereocenters. The molecule has 132 valence electrons. The van der Waals surface area contributed by atoms with Crippen LogP contribution in [0.15, 0.2) is 36.5 Å². The highest BCUT2D eigenvalue weighted by molar-refractivity contribution is 5.95. The fourth-order valence-electron chi connectivity index (χ4n) is 3.18. The summed E-state index contributed by atoms with van der Waals surface area (Å²) in [5.74, 6) is -1.16. The Balaban J connectivity index is 1.75. The maximum absolute atomic E-state index is 12.6. The summed E-state index contributed by atoms with van der Waals surface area (Å²) < 4.78 is 6.87. The third kappa shape index (κ3) is 3.81. The lowest BCUT2D eigenvalue weighted by Gasteiger charge is -2.27. The number of hydrogen-bond acceptors (Lipinski definition) is 4. The van der Waals surface area contributed by atoms with Crippen LogP contribution in [-0.4, -0.2) is 39.9 Å². The molecule has 25 heavy (non-hydrogen) atoms. The minimum Gasteiger partial charge on any atom is -0.493 e. The van der Waals surface area contributed by atoms with Crippen molar-refractivity contribution in [2.24, 2.45) is 5.92 Å². The molecule has 1 amide bonds. The van der Waals surface area contributed by atoms with Gasteiger partial charge in [-0.25, -0.2) is 4.68 Å². The maximum atomic E-state index is 12.6. The van der Waals surface area contributed by atoms with E-state index in [1.54, 1.807) is 10.9 Å². The number of amides is 1. The third-order valence-electron chi connectivity index (χ3n) is 4.50. The molecule has 2 N–H and O–H groups in total. The Morgan fingerprint density at radius 2 is 2.04 bits per heavy atom. The van der Waals surface area contributed by atoms with E-state index in [2.05, 4.69) is 10.4 Å². The first-order valence-electron chi connectivity index (χ1n) is 8.31. The summed E-state index contributed by atoms with van der Waals surface area (Å²) in [6.07, 6.45) is 4.33. The molecule has 0 unspecified atom stereocenters. The van der Waals surface area contributed by atoms with Gasteiger partial charge in [0.15, 0.2) is 11.4 Å². The molecule has 1 aromatic heterocycles. The summed E-state index contributed by atoms with van der Waals surface area (Å²) in [6, 6.07) is 9.28. The normalized spacial score (nSPS) is 20.0. The molecule has 0 aliphatic heterocycles.